The summed E-state index contributed by atoms with van der Waals surface area (Å²) >= 11 is 0. The van der Waals surface area contributed by atoms with Gasteiger partial charge in [-0.25, -0.2) is 4.79 Å². The number of hydrogen-bond donors (Lipinski definition) is 1. The molecule has 2 heterocycles. The fourth-order valence-electron chi connectivity index (χ4n) is 2.95. The molecule has 2 aliphatic rings. The van der Waals surface area contributed by atoms with Gasteiger partial charge in [-0.05, 0) is 26.2 Å². The maximum absolute atomic E-state index is 12.6. The maximum Gasteiger partial charge on any atom is 0.320 e. The van der Waals surface area contributed by atoms with Gasteiger partial charge in [0.25, 0.3) is 0 Å². The summed E-state index contributed by atoms with van der Waals surface area (Å²) in [6.45, 7) is 6.15. The Bertz CT molecular complexity index is 374. The number of carboxylic acid groups (broad SMARTS) is 1. The second-order valence-corrected chi connectivity index (χ2v) is 5.76. The highest BCUT2D eigenvalue weighted by atomic mass is 16.5. The first kappa shape index (κ1) is 15.1. The number of carbonyl (C=O) groups is 2. The lowest BCUT2D eigenvalue weighted by atomic mass is 9.98. The number of urea groups is 1. The fraction of sp³-hybridized carbons (Fsp3) is 0.857. The van der Waals surface area contributed by atoms with Crippen molar-refractivity contribution in [3.05, 3.63) is 0 Å². The molecule has 1 N–H and O–H groups in total. The van der Waals surface area contributed by atoms with E-state index >= 15 is 0 Å². The number of morpholine rings is 1. The zero-order valence-corrected chi connectivity index (χ0v) is 12.2. The van der Waals surface area contributed by atoms with E-state index in [1.807, 2.05) is 18.7 Å². The number of nitrogens with zero attached hydrogens (tertiary/aromatic N) is 2. The Morgan fingerprint density at radius 1 is 1.35 bits per heavy atom. The number of hydrogen-bond acceptors (Lipinski definition) is 3. The summed E-state index contributed by atoms with van der Waals surface area (Å²) in [6, 6.07) is 0.0712. The van der Waals surface area contributed by atoms with Crippen molar-refractivity contribution in [3.8, 4) is 0 Å². The van der Waals surface area contributed by atoms with Gasteiger partial charge in [0.2, 0.25) is 0 Å². The standard InChI is InChI=1S/C14H24N2O4/c1-3-12-9-20-10(2)7-16(12)14(19)15-6-4-5-11(8-15)13(17)18/h10-12H,3-9H2,1-2H3,(H,17,18)/t10?,11-,12?/m0/s1. The highest BCUT2D eigenvalue weighted by molar-refractivity contribution is 5.77. The summed E-state index contributed by atoms with van der Waals surface area (Å²) in [5, 5.41) is 9.12. The monoisotopic (exact) mass is 284 g/mol. The number of carboxylic acids is 1. The Labute approximate surface area is 119 Å². The molecule has 6 heteroatoms. The van der Waals surface area contributed by atoms with E-state index in [9.17, 15) is 9.59 Å². The normalized spacial score (nSPS) is 31.2. The van der Waals surface area contributed by atoms with Crippen molar-refractivity contribution in [2.45, 2.75) is 45.3 Å². The van der Waals surface area contributed by atoms with Crippen LogP contribution < -0.4 is 0 Å². The molecule has 0 spiro atoms. The molecule has 0 radical (unpaired) electrons. The topological polar surface area (TPSA) is 70.1 Å². The Hall–Kier alpha value is -1.30. The van der Waals surface area contributed by atoms with Crippen molar-refractivity contribution in [2.75, 3.05) is 26.2 Å². The average molecular weight is 284 g/mol. The van der Waals surface area contributed by atoms with Gasteiger partial charge in [-0.15, -0.1) is 0 Å². The van der Waals surface area contributed by atoms with Gasteiger partial charge < -0.3 is 19.6 Å². The van der Waals surface area contributed by atoms with Crippen LogP contribution in [0.2, 0.25) is 0 Å². The van der Waals surface area contributed by atoms with Crippen LogP contribution in [-0.2, 0) is 9.53 Å². The first-order valence-corrected chi connectivity index (χ1v) is 7.42. The SMILES string of the molecule is CCC1COC(C)CN1C(=O)N1CCC[C@H](C(=O)O)C1. The average Bonchev–Trinajstić information content (AvgIpc) is 2.46. The van der Waals surface area contributed by atoms with Crippen LogP contribution in [0.4, 0.5) is 4.79 Å². The molecule has 2 fully saturated rings. The lowest BCUT2D eigenvalue weighted by Gasteiger charge is -2.42. The van der Waals surface area contributed by atoms with E-state index < -0.39 is 11.9 Å². The Balaban J connectivity index is 2.03. The van der Waals surface area contributed by atoms with E-state index in [1.165, 1.54) is 0 Å². The first-order chi connectivity index (χ1) is 9.52. The summed E-state index contributed by atoms with van der Waals surface area (Å²) < 4.78 is 5.60. The summed E-state index contributed by atoms with van der Waals surface area (Å²) in [5.74, 6) is -1.23. The zero-order valence-electron chi connectivity index (χ0n) is 12.2. The first-order valence-electron chi connectivity index (χ1n) is 7.42. The van der Waals surface area contributed by atoms with Crippen LogP contribution in [0.5, 0.6) is 0 Å². The third-order valence-electron chi connectivity index (χ3n) is 4.23. The van der Waals surface area contributed by atoms with E-state index in [-0.39, 0.29) is 18.2 Å². The van der Waals surface area contributed by atoms with E-state index in [2.05, 4.69) is 0 Å². The number of ether oxygens (including phenoxy) is 1. The quantitative estimate of drug-likeness (QED) is 0.832. The molecule has 2 unspecified atom stereocenters. The van der Waals surface area contributed by atoms with Gasteiger partial charge in [-0.2, -0.15) is 0 Å². The predicted molar refractivity (Wildman–Crippen MR) is 73.5 cm³/mol. The minimum atomic E-state index is -0.801. The van der Waals surface area contributed by atoms with Crippen molar-refractivity contribution in [1.29, 1.82) is 0 Å². The number of likely N-dealkylation sites (tertiary alicyclic amines) is 1. The molecule has 0 bridgehead atoms. The molecule has 0 aromatic carbocycles. The minimum absolute atomic E-state index is 0.0297. The molecule has 2 amide bonds. The van der Waals surface area contributed by atoms with Crippen LogP contribution in [0.3, 0.4) is 0 Å². The Morgan fingerprint density at radius 2 is 2.10 bits per heavy atom. The van der Waals surface area contributed by atoms with Crippen LogP contribution in [0.15, 0.2) is 0 Å². The molecule has 0 aromatic rings. The number of piperidine rings is 1. The third-order valence-corrected chi connectivity index (χ3v) is 4.23. The van der Waals surface area contributed by atoms with Crippen LogP contribution in [0.1, 0.15) is 33.1 Å². The number of carbonyl (C=O) groups excluding carboxylic acids is 1. The molecule has 0 aliphatic carbocycles. The van der Waals surface area contributed by atoms with Crippen LogP contribution in [0, 0.1) is 5.92 Å². The van der Waals surface area contributed by atoms with Crippen molar-refractivity contribution in [2.24, 2.45) is 5.92 Å². The zero-order chi connectivity index (χ0) is 14.7. The van der Waals surface area contributed by atoms with Crippen LogP contribution in [-0.4, -0.2) is 65.3 Å². The molecule has 0 saturated carbocycles. The smallest absolute Gasteiger partial charge is 0.320 e. The molecular weight excluding hydrogens is 260 g/mol. The largest absolute Gasteiger partial charge is 0.481 e. The van der Waals surface area contributed by atoms with Crippen molar-refractivity contribution >= 4 is 12.0 Å². The van der Waals surface area contributed by atoms with Crippen molar-refractivity contribution in [3.63, 3.8) is 0 Å². The summed E-state index contributed by atoms with van der Waals surface area (Å²) in [4.78, 5) is 27.3. The third kappa shape index (κ3) is 3.23. The molecule has 6 nitrogen and oxygen atoms in total. The number of aliphatic carboxylic acids is 1. The summed E-state index contributed by atoms with van der Waals surface area (Å²) in [7, 11) is 0. The number of rotatable bonds is 2. The molecule has 2 rings (SSSR count). The lowest BCUT2D eigenvalue weighted by Crippen LogP contribution is -2.57. The number of amides is 2. The maximum atomic E-state index is 12.6. The molecule has 2 aliphatic heterocycles. The van der Waals surface area contributed by atoms with Gasteiger partial charge in [0.15, 0.2) is 0 Å². The van der Waals surface area contributed by atoms with E-state index in [1.54, 1.807) is 4.90 Å². The summed E-state index contributed by atoms with van der Waals surface area (Å²) in [6.07, 6.45) is 2.32. The molecule has 20 heavy (non-hydrogen) atoms. The fourth-order valence-corrected chi connectivity index (χ4v) is 2.95. The van der Waals surface area contributed by atoms with Crippen LogP contribution in [0.25, 0.3) is 0 Å². The lowest BCUT2D eigenvalue weighted by molar-refractivity contribution is -0.143. The van der Waals surface area contributed by atoms with Crippen molar-refractivity contribution < 1.29 is 19.4 Å². The van der Waals surface area contributed by atoms with E-state index in [0.717, 1.165) is 12.8 Å². The minimum Gasteiger partial charge on any atom is -0.481 e. The molecule has 114 valence electrons. The Kier molecular flexibility index (Phi) is 4.86. The van der Waals surface area contributed by atoms with Gasteiger partial charge in [-0.1, -0.05) is 6.92 Å². The second-order valence-electron chi connectivity index (χ2n) is 5.76. The van der Waals surface area contributed by atoms with Crippen LogP contribution >= 0.6 is 0 Å². The molecular formula is C14H24N2O4. The molecule has 2 saturated heterocycles. The highest BCUT2D eigenvalue weighted by Gasteiger charge is 2.35. The van der Waals surface area contributed by atoms with Gasteiger partial charge in [0.1, 0.15) is 0 Å². The van der Waals surface area contributed by atoms with E-state index in [0.29, 0.717) is 32.7 Å². The van der Waals surface area contributed by atoms with Crippen molar-refractivity contribution in [1.82, 2.24) is 9.80 Å². The Morgan fingerprint density at radius 3 is 2.75 bits per heavy atom. The van der Waals surface area contributed by atoms with Gasteiger partial charge in [0.05, 0.1) is 24.7 Å². The molecule has 3 atom stereocenters. The van der Waals surface area contributed by atoms with Gasteiger partial charge >= 0.3 is 12.0 Å². The van der Waals surface area contributed by atoms with Gasteiger partial charge in [0, 0.05) is 19.6 Å². The highest BCUT2D eigenvalue weighted by Crippen LogP contribution is 2.21. The predicted octanol–water partition coefficient (Wildman–Crippen LogP) is 1.40. The van der Waals surface area contributed by atoms with Gasteiger partial charge in [-0.3, -0.25) is 4.79 Å². The summed E-state index contributed by atoms with van der Waals surface area (Å²) in [5.41, 5.74) is 0. The van der Waals surface area contributed by atoms with E-state index in [4.69, 9.17) is 9.84 Å². The second kappa shape index (κ2) is 6.43. The molecule has 0 aromatic heterocycles.